The lowest BCUT2D eigenvalue weighted by Crippen LogP contribution is -2.35. The molecule has 3 aromatic heterocycles. The van der Waals surface area contributed by atoms with Crippen molar-refractivity contribution in [2.45, 2.75) is 19.4 Å². The van der Waals surface area contributed by atoms with Crippen LogP contribution in [0.1, 0.15) is 18.4 Å². The molecule has 4 heterocycles. The summed E-state index contributed by atoms with van der Waals surface area (Å²) < 4.78 is 6.42. The van der Waals surface area contributed by atoms with Crippen molar-refractivity contribution in [2.24, 2.45) is 0 Å². The monoisotopic (exact) mass is 420 g/mol. The van der Waals surface area contributed by atoms with Gasteiger partial charge in [0.15, 0.2) is 0 Å². The third kappa shape index (κ3) is 3.50. The Balaban J connectivity index is 1.23. The first-order valence-corrected chi connectivity index (χ1v) is 10.7. The number of nitrogens with one attached hydrogen (secondary N) is 1. The van der Waals surface area contributed by atoms with Crippen LogP contribution in [-0.4, -0.2) is 38.7 Å². The second-order valence-electron chi connectivity index (χ2n) is 7.19. The number of H-pyrrole nitrogens is 1. The number of carbonyl (C=O) groups excluding carboxylic acids is 1. The molecule has 0 unspecified atom stereocenters. The summed E-state index contributed by atoms with van der Waals surface area (Å²) in [5.41, 5.74) is 3.57. The molecule has 0 saturated heterocycles. The van der Waals surface area contributed by atoms with Crippen molar-refractivity contribution < 1.29 is 9.21 Å². The predicted molar refractivity (Wildman–Crippen MR) is 116 cm³/mol. The van der Waals surface area contributed by atoms with Gasteiger partial charge in [-0.2, -0.15) is 4.68 Å². The second-order valence-corrected chi connectivity index (χ2v) is 8.14. The Kier molecular flexibility index (Phi) is 4.84. The Morgan fingerprint density at radius 3 is 2.93 bits per heavy atom. The van der Waals surface area contributed by atoms with E-state index in [9.17, 15) is 9.59 Å². The first kappa shape index (κ1) is 18.6. The molecule has 4 aromatic rings. The molecule has 1 aromatic carbocycles. The van der Waals surface area contributed by atoms with Gasteiger partial charge < -0.3 is 14.3 Å². The Hall–Kier alpha value is -3.39. The van der Waals surface area contributed by atoms with E-state index in [4.69, 9.17) is 4.42 Å². The van der Waals surface area contributed by atoms with Crippen molar-refractivity contribution in [3.05, 3.63) is 70.2 Å². The quantitative estimate of drug-likeness (QED) is 0.533. The molecule has 30 heavy (non-hydrogen) atoms. The molecule has 1 aliphatic rings. The van der Waals surface area contributed by atoms with Gasteiger partial charge in [-0.25, -0.2) is 4.79 Å². The second kappa shape index (κ2) is 7.79. The standard InChI is InChI=1S/C22H20N4O3S/c27-20(9-12-26-22(28)29-21(24-26)19-6-3-13-30-19)25-10-7-15(8-11-25)17-14-23-18-5-2-1-4-16(17)18/h1-7,13-14,23H,8-12H2. The van der Waals surface area contributed by atoms with Gasteiger partial charge in [-0.3, -0.25) is 4.79 Å². The van der Waals surface area contributed by atoms with E-state index in [1.165, 1.54) is 32.5 Å². The lowest BCUT2D eigenvalue weighted by molar-refractivity contribution is -0.131. The number of hydrogen-bond donors (Lipinski definition) is 1. The summed E-state index contributed by atoms with van der Waals surface area (Å²) in [5, 5.41) is 7.31. The van der Waals surface area contributed by atoms with Crippen molar-refractivity contribution in [3.63, 3.8) is 0 Å². The largest absolute Gasteiger partial charge is 0.437 e. The van der Waals surface area contributed by atoms with E-state index in [0.717, 1.165) is 16.8 Å². The molecule has 152 valence electrons. The number of nitrogens with zero attached hydrogens (tertiary/aromatic N) is 3. The number of carbonyl (C=O) groups is 1. The highest BCUT2D eigenvalue weighted by Crippen LogP contribution is 2.29. The SMILES string of the molecule is O=C(CCn1nc(-c2cccs2)oc1=O)N1CC=C(c2c[nH]c3ccccc23)CC1. The Morgan fingerprint density at radius 1 is 1.23 bits per heavy atom. The zero-order valence-corrected chi connectivity index (χ0v) is 17.0. The number of aromatic nitrogens is 3. The molecule has 0 radical (unpaired) electrons. The summed E-state index contributed by atoms with van der Waals surface area (Å²) in [6, 6.07) is 11.9. The molecule has 0 fully saturated rings. The summed E-state index contributed by atoms with van der Waals surface area (Å²) in [6.07, 6.45) is 5.18. The number of fused-ring (bicyclic) bond motifs is 1. The Bertz CT molecular complexity index is 1280. The lowest BCUT2D eigenvalue weighted by atomic mass is 9.99. The summed E-state index contributed by atoms with van der Waals surface area (Å²) in [6.45, 7) is 1.45. The summed E-state index contributed by atoms with van der Waals surface area (Å²) in [7, 11) is 0. The molecule has 1 N–H and O–H groups in total. The molecule has 0 aliphatic carbocycles. The van der Waals surface area contributed by atoms with Gasteiger partial charge in [0.1, 0.15) is 0 Å². The molecule has 5 rings (SSSR count). The van der Waals surface area contributed by atoms with Crippen molar-refractivity contribution in [1.82, 2.24) is 19.7 Å². The van der Waals surface area contributed by atoms with E-state index in [0.29, 0.717) is 19.0 Å². The van der Waals surface area contributed by atoms with Crippen molar-refractivity contribution in [1.29, 1.82) is 0 Å². The maximum absolute atomic E-state index is 12.6. The fraction of sp³-hybridized carbons (Fsp3) is 0.227. The van der Waals surface area contributed by atoms with Gasteiger partial charge >= 0.3 is 5.76 Å². The molecule has 0 bridgehead atoms. The van der Waals surface area contributed by atoms with Crippen LogP contribution >= 0.6 is 11.3 Å². The minimum Gasteiger partial charge on any atom is -0.387 e. The molecule has 0 spiro atoms. The van der Waals surface area contributed by atoms with Crippen molar-refractivity contribution in [3.8, 4) is 10.8 Å². The van der Waals surface area contributed by atoms with Crippen LogP contribution in [0.3, 0.4) is 0 Å². The van der Waals surface area contributed by atoms with Crippen LogP contribution in [-0.2, 0) is 11.3 Å². The van der Waals surface area contributed by atoms with E-state index < -0.39 is 5.76 Å². The van der Waals surface area contributed by atoms with Gasteiger partial charge in [-0.1, -0.05) is 30.3 Å². The molecule has 7 nitrogen and oxygen atoms in total. The number of para-hydroxylation sites is 1. The fourth-order valence-corrected chi connectivity index (χ4v) is 4.43. The lowest BCUT2D eigenvalue weighted by Gasteiger charge is -2.26. The van der Waals surface area contributed by atoms with Crippen LogP contribution in [0.25, 0.3) is 27.2 Å². The number of rotatable bonds is 5. The topological polar surface area (TPSA) is 84.1 Å². The number of thiophene rings is 1. The Labute approximate surface area is 176 Å². The van der Waals surface area contributed by atoms with Crippen LogP contribution in [0.2, 0.25) is 0 Å². The fourth-order valence-electron chi connectivity index (χ4n) is 3.78. The highest BCUT2D eigenvalue weighted by atomic mass is 32.1. The smallest absolute Gasteiger partial charge is 0.387 e. The van der Waals surface area contributed by atoms with E-state index in [1.54, 1.807) is 0 Å². The first-order valence-electron chi connectivity index (χ1n) is 9.84. The zero-order valence-electron chi connectivity index (χ0n) is 16.2. The predicted octanol–water partition coefficient (Wildman–Crippen LogP) is 3.75. The molecule has 8 heteroatoms. The third-order valence-corrected chi connectivity index (χ3v) is 6.23. The number of aryl methyl sites for hydroxylation is 1. The van der Waals surface area contributed by atoms with Crippen LogP contribution in [0, 0.1) is 0 Å². The highest BCUT2D eigenvalue weighted by molar-refractivity contribution is 7.13. The van der Waals surface area contributed by atoms with Gasteiger partial charge in [-0.15, -0.1) is 16.4 Å². The summed E-state index contributed by atoms with van der Waals surface area (Å²) in [4.78, 5) is 30.6. The number of amides is 1. The van der Waals surface area contributed by atoms with Gasteiger partial charge in [0.25, 0.3) is 5.89 Å². The molecule has 1 aliphatic heterocycles. The molecular formula is C22H20N4O3S. The number of benzene rings is 1. The number of hydrogen-bond acceptors (Lipinski definition) is 5. The van der Waals surface area contributed by atoms with Gasteiger partial charge in [0.05, 0.1) is 11.4 Å². The van der Waals surface area contributed by atoms with Gasteiger partial charge in [0, 0.05) is 42.2 Å². The average Bonchev–Trinajstić information content (AvgIpc) is 3.52. The van der Waals surface area contributed by atoms with E-state index in [-0.39, 0.29) is 18.9 Å². The van der Waals surface area contributed by atoms with Crippen LogP contribution in [0.5, 0.6) is 0 Å². The zero-order chi connectivity index (χ0) is 20.5. The first-order chi connectivity index (χ1) is 14.7. The minimum atomic E-state index is -0.536. The maximum atomic E-state index is 12.6. The van der Waals surface area contributed by atoms with Gasteiger partial charge in [-0.05, 0) is 29.5 Å². The molecule has 0 atom stereocenters. The average molecular weight is 420 g/mol. The third-order valence-electron chi connectivity index (χ3n) is 5.37. The Morgan fingerprint density at radius 2 is 2.13 bits per heavy atom. The summed E-state index contributed by atoms with van der Waals surface area (Å²) in [5.74, 6) is -0.227. The maximum Gasteiger partial charge on any atom is 0.437 e. The van der Waals surface area contributed by atoms with Crippen molar-refractivity contribution in [2.75, 3.05) is 13.1 Å². The van der Waals surface area contributed by atoms with E-state index >= 15 is 0 Å². The molecular weight excluding hydrogens is 400 g/mol. The van der Waals surface area contributed by atoms with Crippen LogP contribution < -0.4 is 5.76 Å². The van der Waals surface area contributed by atoms with Gasteiger partial charge in [0.2, 0.25) is 5.91 Å². The normalized spacial score (nSPS) is 14.3. The number of aromatic amines is 1. The molecule has 0 saturated carbocycles. The van der Waals surface area contributed by atoms with Crippen LogP contribution in [0.4, 0.5) is 0 Å². The highest BCUT2D eigenvalue weighted by Gasteiger charge is 2.20. The van der Waals surface area contributed by atoms with E-state index in [1.807, 2.05) is 40.7 Å². The molecule has 1 amide bonds. The van der Waals surface area contributed by atoms with Crippen LogP contribution in [0.15, 0.2) is 63.3 Å². The van der Waals surface area contributed by atoms with E-state index in [2.05, 4.69) is 28.3 Å². The minimum absolute atomic E-state index is 0.0109. The summed E-state index contributed by atoms with van der Waals surface area (Å²) >= 11 is 1.45. The van der Waals surface area contributed by atoms with Crippen molar-refractivity contribution >= 4 is 33.7 Å².